The molecule has 4 aromatic rings. The lowest BCUT2D eigenvalue weighted by Gasteiger charge is -2.32. The number of nitrogens with zero attached hydrogens (tertiary/aromatic N) is 4. The van der Waals surface area contributed by atoms with E-state index in [4.69, 9.17) is 14.2 Å². The highest BCUT2D eigenvalue weighted by Gasteiger charge is 2.39. The van der Waals surface area contributed by atoms with Crippen LogP contribution in [0.1, 0.15) is 22.7 Å². The van der Waals surface area contributed by atoms with Crippen molar-refractivity contribution >= 4 is 9.92 Å². The van der Waals surface area contributed by atoms with Gasteiger partial charge >= 0.3 is 0 Å². The van der Waals surface area contributed by atoms with Gasteiger partial charge in [-0.2, -0.15) is 9.46 Å². The Labute approximate surface area is 206 Å². The Morgan fingerprint density at radius 1 is 0.971 bits per heavy atom. The van der Waals surface area contributed by atoms with Crippen molar-refractivity contribution in [3.8, 4) is 5.88 Å². The second kappa shape index (κ2) is 9.30. The molecule has 5 rings (SSSR count). The normalized spacial score (nSPS) is 17.0. The lowest BCUT2D eigenvalue weighted by Crippen LogP contribution is -2.30. The van der Waals surface area contributed by atoms with Gasteiger partial charge in [0.2, 0.25) is 5.88 Å². The highest BCUT2D eigenvalue weighted by Crippen LogP contribution is 2.43. The van der Waals surface area contributed by atoms with Gasteiger partial charge in [0.25, 0.3) is 0 Å². The van der Waals surface area contributed by atoms with E-state index in [0.29, 0.717) is 17.4 Å². The monoisotopic (exact) mass is 487 g/mol. The highest BCUT2D eigenvalue weighted by molar-refractivity contribution is 7.91. The molecule has 8 heteroatoms. The summed E-state index contributed by atoms with van der Waals surface area (Å²) in [6.45, 7) is 1.20. The van der Waals surface area contributed by atoms with Gasteiger partial charge in [-0.3, -0.25) is 0 Å². The molecule has 2 heterocycles. The van der Waals surface area contributed by atoms with Crippen LogP contribution in [0.25, 0.3) is 0 Å². The van der Waals surface area contributed by atoms with E-state index in [1.54, 1.807) is 4.68 Å². The zero-order chi connectivity index (χ0) is 24.5. The van der Waals surface area contributed by atoms with E-state index < -0.39 is 15.5 Å². The molecule has 0 amide bonds. The van der Waals surface area contributed by atoms with Crippen LogP contribution in [0, 0.1) is 0 Å². The number of ether oxygens (including phenoxy) is 1. The van der Waals surface area contributed by atoms with Gasteiger partial charge in [0.15, 0.2) is 0 Å². The number of hydrogen-bond acceptors (Lipinski definition) is 5. The molecule has 0 saturated carbocycles. The zero-order valence-corrected chi connectivity index (χ0v) is 20.6. The van der Waals surface area contributed by atoms with E-state index in [0.717, 1.165) is 23.2 Å². The summed E-state index contributed by atoms with van der Waals surface area (Å²) in [7, 11) is 0.552. The molecule has 1 aromatic heterocycles. The maximum absolute atomic E-state index is 14.3. The summed E-state index contributed by atoms with van der Waals surface area (Å²) in [6, 6.07) is 29.6. The fraction of sp³-hybridized carbons (Fsp3) is 0.222. The molecule has 2 N–H and O–H groups in total. The lowest BCUT2D eigenvalue weighted by atomic mass is 9.78. The molecule has 0 aliphatic carbocycles. The van der Waals surface area contributed by atoms with Crippen LogP contribution in [-0.2, 0) is 15.5 Å². The molecule has 7 nitrogen and oxygen atoms in total. The molecule has 1 aliphatic heterocycles. The summed E-state index contributed by atoms with van der Waals surface area (Å²) in [5, 5.41) is 11.1. The van der Waals surface area contributed by atoms with Gasteiger partial charge < -0.3 is 9.64 Å². The van der Waals surface area contributed by atoms with E-state index in [2.05, 4.69) is 10.00 Å². The first-order valence-corrected chi connectivity index (χ1v) is 13.1. The highest BCUT2D eigenvalue weighted by atomic mass is 32.2. The largest absolute Gasteiger partial charge is 0.475 e. The molecule has 0 radical (unpaired) electrons. The van der Waals surface area contributed by atoms with Crippen LogP contribution in [0.3, 0.4) is 0 Å². The van der Waals surface area contributed by atoms with Gasteiger partial charge in [0, 0.05) is 6.54 Å². The van der Waals surface area contributed by atoms with Crippen molar-refractivity contribution in [2.75, 3.05) is 27.2 Å². The molecule has 35 heavy (non-hydrogen) atoms. The molecular weight excluding hydrogens is 458 g/mol. The quantitative estimate of drug-likeness (QED) is 0.398. The molecular formula is C27H29N5O2S. The summed E-state index contributed by atoms with van der Waals surface area (Å²) in [4.78, 5) is 2.38. The fourth-order valence-corrected chi connectivity index (χ4v) is 6.10. The minimum Gasteiger partial charge on any atom is -0.475 e. The van der Waals surface area contributed by atoms with E-state index in [1.807, 2.05) is 105 Å². The summed E-state index contributed by atoms with van der Waals surface area (Å²) < 4.78 is 27.1. The number of benzene rings is 3. The summed E-state index contributed by atoms with van der Waals surface area (Å²) in [5.41, 5.74) is 1.49. The predicted octanol–water partition coefficient (Wildman–Crippen LogP) is 4.07. The Morgan fingerprint density at radius 3 is 1.91 bits per heavy atom. The number of aromatic nitrogens is 2. The SMILES string of the molecule is CN(C)CC1COc2c(S(N)(=O)=NC(c3ccccc3)(c3ccccc3)c3ccccc3)cnn21. The van der Waals surface area contributed by atoms with Crippen molar-refractivity contribution in [1.82, 2.24) is 14.7 Å². The van der Waals surface area contributed by atoms with E-state index in [1.165, 1.54) is 6.20 Å². The Kier molecular flexibility index (Phi) is 6.19. The first-order valence-electron chi connectivity index (χ1n) is 11.5. The van der Waals surface area contributed by atoms with Crippen LogP contribution in [0.4, 0.5) is 0 Å². The van der Waals surface area contributed by atoms with Crippen molar-refractivity contribution in [1.29, 1.82) is 0 Å². The van der Waals surface area contributed by atoms with Gasteiger partial charge in [-0.25, -0.2) is 14.0 Å². The average molecular weight is 488 g/mol. The molecule has 0 spiro atoms. The zero-order valence-electron chi connectivity index (χ0n) is 19.8. The average Bonchev–Trinajstić information content (AvgIpc) is 3.47. The van der Waals surface area contributed by atoms with E-state index in [-0.39, 0.29) is 6.04 Å². The Hall–Kier alpha value is -3.46. The molecule has 3 aromatic carbocycles. The van der Waals surface area contributed by atoms with Crippen molar-refractivity contribution in [3.63, 3.8) is 0 Å². The van der Waals surface area contributed by atoms with Crippen molar-refractivity contribution < 1.29 is 8.95 Å². The van der Waals surface area contributed by atoms with Gasteiger partial charge in [-0.1, -0.05) is 91.0 Å². The lowest BCUT2D eigenvalue weighted by molar-refractivity contribution is 0.270. The Balaban J connectivity index is 1.76. The molecule has 0 saturated heterocycles. The molecule has 2 unspecified atom stereocenters. The third-order valence-corrected chi connectivity index (χ3v) is 7.67. The van der Waals surface area contributed by atoms with Gasteiger partial charge in [-0.05, 0) is 30.8 Å². The number of rotatable bonds is 7. The van der Waals surface area contributed by atoms with Crippen LogP contribution >= 0.6 is 0 Å². The van der Waals surface area contributed by atoms with Crippen LogP contribution in [0.5, 0.6) is 5.88 Å². The van der Waals surface area contributed by atoms with Crippen LogP contribution in [0.15, 0.2) is 106 Å². The second-order valence-electron chi connectivity index (χ2n) is 8.95. The second-order valence-corrected chi connectivity index (χ2v) is 10.7. The number of hydrogen-bond donors (Lipinski definition) is 1. The number of fused-ring (bicyclic) bond motifs is 1. The van der Waals surface area contributed by atoms with E-state index >= 15 is 0 Å². The van der Waals surface area contributed by atoms with Gasteiger partial charge in [-0.15, -0.1) is 0 Å². The molecule has 2 atom stereocenters. The minimum atomic E-state index is -3.44. The topological polar surface area (TPSA) is 85.7 Å². The standard InChI is InChI=1S/C27H29N5O2S/c1-31(2)19-24-20-34-26-25(18-29-32(24)26)35(28,33)30-27(21-12-6-3-7-13-21,22-14-8-4-9-15-22)23-16-10-5-11-17-23/h3-18,24H,19-20H2,1-2H3,(H2,28,30,33). The fourth-order valence-electron chi connectivity index (χ4n) is 4.68. The Morgan fingerprint density at radius 2 is 1.46 bits per heavy atom. The first kappa shape index (κ1) is 23.3. The smallest absolute Gasteiger partial charge is 0.231 e. The Bertz CT molecular complexity index is 1320. The first-order chi connectivity index (χ1) is 16.9. The molecule has 0 fully saturated rings. The van der Waals surface area contributed by atoms with Gasteiger partial charge in [0.1, 0.15) is 33.0 Å². The third-order valence-electron chi connectivity index (χ3n) is 6.21. The van der Waals surface area contributed by atoms with E-state index in [9.17, 15) is 4.21 Å². The third kappa shape index (κ3) is 4.25. The van der Waals surface area contributed by atoms with Crippen molar-refractivity contribution in [2.24, 2.45) is 9.50 Å². The van der Waals surface area contributed by atoms with Crippen LogP contribution < -0.4 is 9.88 Å². The maximum Gasteiger partial charge on any atom is 0.231 e. The molecule has 180 valence electrons. The summed E-state index contributed by atoms with van der Waals surface area (Å²) in [6.07, 6.45) is 1.54. The predicted molar refractivity (Wildman–Crippen MR) is 138 cm³/mol. The summed E-state index contributed by atoms with van der Waals surface area (Å²) in [5.74, 6) is 0.427. The van der Waals surface area contributed by atoms with Crippen molar-refractivity contribution in [2.45, 2.75) is 16.5 Å². The van der Waals surface area contributed by atoms with Gasteiger partial charge in [0.05, 0.1) is 6.20 Å². The van der Waals surface area contributed by atoms with Crippen LogP contribution in [-0.4, -0.2) is 46.1 Å². The number of likely N-dealkylation sites (N-methyl/N-ethyl adjacent to an activating group) is 1. The minimum absolute atomic E-state index is 0.0195. The van der Waals surface area contributed by atoms with Crippen LogP contribution in [0.2, 0.25) is 0 Å². The summed E-state index contributed by atoms with van der Waals surface area (Å²) >= 11 is 0. The maximum atomic E-state index is 14.3. The molecule has 0 bridgehead atoms. The number of nitrogens with two attached hydrogens (primary N) is 1. The van der Waals surface area contributed by atoms with Crippen molar-refractivity contribution in [3.05, 3.63) is 114 Å². The molecule has 1 aliphatic rings.